The van der Waals surface area contributed by atoms with Crippen LogP contribution in [0.3, 0.4) is 0 Å². The third kappa shape index (κ3) is 3.66. The maximum absolute atomic E-state index is 15.4. The lowest BCUT2D eigenvalue weighted by atomic mass is 9.82. The van der Waals surface area contributed by atoms with E-state index in [1.807, 2.05) is 6.07 Å². The van der Waals surface area contributed by atoms with Crippen LogP contribution < -0.4 is 5.32 Å². The second-order valence-electron chi connectivity index (χ2n) is 6.24. The Hall–Kier alpha value is -1.01. The largest absolute Gasteiger partial charge is 0.387 e. The van der Waals surface area contributed by atoms with Crippen LogP contribution in [-0.2, 0) is 15.3 Å². The summed E-state index contributed by atoms with van der Waals surface area (Å²) in [5, 5.41) is 13.9. The Morgan fingerprint density at radius 1 is 1.45 bits per heavy atom. The van der Waals surface area contributed by atoms with E-state index in [1.165, 1.54) is 7.11 Å². The lowest BCUT2D eigenvalue weighted by Crippen LogP contribution is -2.53. The van der Waals surface area contributed by atoms with Gasteiger partial charge in [-0.15, -0.1) is 0 Å². The predicted molar refractivity (Wildman–Crippen MR) is 83.3 cm³/mol. The van der Waals surface area contributed by atoms with Crippen LogP contribution in [0, 0.1) is 5.92 Å². The van der Waals surface area contributed by atoms with E-state index in [2.05, 4.69) is 5.32 Å². The van der Waals surface area contributed by atoms with Crippen LogP contribution >= 0.6 is 0 Å². The molecule has 0 aliphatic carbocycles. The number of methoxy groups -OCH3 is 1. The molecule has 0 amide bonds. The number of morpholine rings is 1. The summed E-state index contributed by atoms with van der Waals surface area (Å²) in [6.45, 7) is 5.34. The number of benzene rings is 1. The minimum Gasteiger partial charge on any atom is -0.387 e. The van der Waals surface area contributed by atoms with E-state index in [0.717, 1.165) is 6.54 Å². The zero-order valence-corrected chi connectivity index (χ0v) is 13.5. The van der Waals surface area contributed by atoms with Crippen molar-refractivity contribution in [2.75, 3.05) is 26.8 Å². The van der Waals surface area contributed by atoms with Crippen molar-refractivity contribution in [1.82, 2.24) is 5.32 Å². The lowest BCUT2D eigenvalue weighted by Gasteiger charge is -2.40. The third-order valence-corrected chi connectivity index (χ3v) is 4.44. The Balaban J connectivity index is 2.13. The third-order valence-electron chi connectivity index (χ3n) is 4.44. The molecule has 2 rings (SSSR count). The van der Waals surface area contributed by atoms with Crippen molar-refractivity contribution in [3.8, 4) is 0 Å². The van der Waals surface area contributed by atoms with E-state index >= 15 is 4.39 Å². The first-order valence-electron chi connectivity index (χ1n) is 7.74. The molecule has 1 aliphatic rings. The standard InChI is InChI=1S/C17H26FNO3/c1-13(11-16(2,20)15-12-19-9-10-22-15)17(18,21-3)14-7-5-4-6-8-14/h4-8,13,15,19-20H,9-12H2,1-3H3. The van der Waals surface area contributed by atoms with Gasteiger partial charge >= 0.3 is 0 Å². The Morgan fingerprint density at radius 2 is 2.14 bits per heavy atom. The van der Waals surface area contributed by atoms with Crippen molar-refractivity contribution < 1.29 is 19.0 Å². The van der Waals surface area contributed by atoms with E-state index < -0.39 is 17.4 Å². The lowest BCUT2D eigenvalue weighted by molar-refractivity contribution is -0.193. The minimum atomic E-state index is -1.94. The SMILES string of the molecule is COC(F)(c1ccccc1)C(C)CC(C)(O)C1CNCCO1. The van der Waals surface area contributed by atoms with Gasteiger partial charge in [0.1, 0.15) is 0 Å². The van der Waals surface area contributed by atoms with Crippen LogP contribution in [0.2, 0.25) is 0 Å². The van der Waals surface area contributed by atoms with E-state index in [0.29, 0.717) is 18.7 Å². The van der Waals surface area contributed by atoms with E-state index in [1.54, 1.807) is 38.1 Å². The fraction of sp³-hybridized carbons (Fsp3) is 0.647. The molecule has 1 fully saturated rings. The van der Waals surface area contributed by atoms with Crippen molar-refractivity contribution in [2.45, 2.75) is 37.8 Å². The fourth-order valence-electron chi connectivity index (χ4n) is 3.12. The number of rotatable bonds is 6. The minimum absolute atomic E-state index is 0.235. The van der Waals surface area contributed by atoms with Crippen LogP contribution in [0.15, 0.2) is 30.3 Å². The molecule has 1 aromatic carbocycles. The molecule has 0 aromatic heterocycles. The van der Waals surface area contributed by atoms with Gasteiger partial charge in [-0.05, 0) is 13.3 Å². The topological polar surface area (TPSA) is 50.7 Å². The zero-order valence-electron chi connectivity index (χ0n) is 13.5. The first-order chi connectivity index (χ1) is 10.4. The summed E-state index contributed by atoms with van der Waals surface area (Å²) in [6, 6.07) is 8.80. The van der Waals surface area contributed by atoms with Crippen molar-refractivity contribution in [1.29, 1.82) is 0 Å². The van der Waals surface area contributed by atoms with Crippen LogP contribution in [0.4, 0.5) is 4.39 Å². The summed E-state index contributed by atoms with van der Waals surface area (Å²) in [5.41, 5.74) is -0.666. The van der Waals surface area contributed by atoms with Crippen LogP contribution in [0.1, 0.15) is 25.8 Å². The van der Waals surface area contributed by atoms with Crippen molar-refractivity contribution in [3.05, 3.63) is 35.9 Å². The number of ether oxygens (including phenoxy) is 2. The van der Waals surface area contributed by atoms with Gasteiger partial charge in [-0.2, -0.15) is 0 Å². The number of nitrogens with one attached hydrogen (secondary N) is 1. The Labute approximate surface area is 131 Å². The summed E-state index contributed by atoms with van der Waals surface area (Å²) in [5.74, 6) is -2.46. The van der Waals surface area contributed by atoms with Crippen molar-refractivity contribution in [3.63, 3.8) is 0 Å². The number of alkyl halides is 1. The smallest absolute Gasteiger partial charge is 0.237 e. The van der Waals surface area contributed by atoms with E-state index in [-0.39, 0.29) is 12.5 Å². The van der Waals surface area contributed by atoms with Gasteiger partial charge in [-0.25, -0.2) is 4.39 Å². The molecule has 0 bridgehead atoms. The number of halogens is 1. The molecule has 124 valence electrons. The van der Waals surface area contributed by atoms with Crippen LogP contribution in [0.25, 0.3) is 0 Å². The van der Waals surface area contributed by atoms with Gasteiger partial charge in [-0.1, -0.05) is 37.3 Å². The molecule has 1 saturated heterocycles. The molecule has 2 N–H and O–H groups in total. The van der Waals surface area contributed by atoms with Gasteiger partial charge in [0.2, 0.25) is 5.85 Å². The molecule has 4 atom stereocenters. The Morgan fingerprint density at radius 3 is 2.68 bits per heavy atom. The molecule has 0 saturated carbocycles. The number of hydrogen-bond donors (Lipinski definition) is 2. The first kappa shape index (κ1) is 17.3. The van der Waals surface area contributed by atoms with Gasteiger partial charge in [0.15, 0.2) is 0 Å². The van der Waals surface area contributed by atoms with Crippen molar-refractivity contribution in [2.24, 2.45) is 5.92 Å². The monoisotopic (exact) mass is 311 g/mol. The van der Waals surface area contributed by atoms with Gasteiger partial charge < -0.3 is 19.9 Å². The predicted octanol–water partition coefficient (Wildman–Crippen LogP) is 2.22. The Bertz CT molecular complexity index is 462. The highest BCUT2D eigenvalue weighted by atomic mass is 19.2. The average Bonchev–Trinajstić information content (AvgIpc) is 2.55. The molecule has 1 heterocycles. The maximum atomic E-state index is 15.4. The average molecular weight is 311 g/mol. The number of hydrogen-bond acceptors (Lipinski definition) is 4. The zero-order chi connectivity index (χ0) is 16.2. The van der Waals surface area contributed by atoms with Gasteiger partial charge in [0, 0.05) is 31.7 Å². The van der Waals surface area contributed by atoms with Gasteiger partial charge in [0.25, 0.3) is 0 Å². The second kappa shape index (κ2) is 7.04. The van der Waals surface area contributed by atoms with E-state index in [4.69, 9.17) is 9.47 Å². The fourth-order valence-corrected chi connectivity index (χ4v) is 3.12. The molecular weight excluding hydrogens is 285 g/mol. The molecule has 1 aliphatic heterocycles. The highest BCUT2D eigenvalue weighted by Gasteiger charge is 2.44. The molecule has 4 unspecified atom stereocenters. The van der Waals surface area contributed by atoms with E-state index in [9.17, 15) is 5.11 Å². The quantitative estimate of drug-likeness (QED) is 0.846. The Kier molecular flexibility index (Phi) is 5.55. The van der Waals surface area contributed by atoms with Gasteiger partial charge in [0.05, 0.1) is 18.3 Å². The summed E-state index contributed by atoms with van der Waals surface area (Å²) < 4.78 is 26.2. The molecular formula is C17H26FNO3. The molecule has 0 radical (unpaired) electrons. The molecule has 5 heteroatoms. The summed E-state index contributed by atoms with van der Waals surface area (Å²) >= 11 is 0. The summed E-state index contributed by atoms with van der Waals surface area (Å²) in [6.07, 6.45) is -0.112. The first-order valence-corrected chi connectivity index (χ1v) is 7.74. The molecule has 4 nitrogen and oxygen atoms in total. The van der Waals surface area contributed by atoms with Crippen LogP contribution in [0.5, 0.6) is 0 Å². The highest BCUT2D eigenvalue weighted by Crippen LogP contribution is 2.40. The van der Waals surface area contributed by atoms with Crippen molar-refractivity contribution >= 4 is 0 Å². The van der Waals surface area contributed by atoms with Gasteiger partial charge in [-0.3, -0.25) is 0 Å². The van der Waals surface area contributed by atoms with Crippen LogP contribution in [-0.4, -0.2) is 43.6 Å². The highest BCUT2D eigenvalue weighted by molar-refractivity contribution is 5.21. The summed E-state index contributed by atoms with van der Waals surface area (Å²) in [7, 11) is 1.36. The summed E-state index contributed by atoms with van der Waals surface area (Å²) in [4.78, 5) is 0. The normalized spacial score (nSPS) is 26.0. The maximum Gasteiger partial charge on any atom is 0.237 e. The molecule has 1 aromatic rings. The molecule has 0 spiro atoms. The number of aliphatic hydroxyl groups is 1. The molecule has 22 heavy (non-hydrogen) atoms. The second-order valence-corrected chi connectivity index (χ2v) is 6.24.